The molecule has 2 aromatic rings. The number of amides is 1. The smallest absolute Gasteiger partial charge is 0.238 e. The van der Waals surface area contributed by atoms with Crippen LogP contribution in [0.5, 0.6) is 0 Å². The van der Waals surface area contributed by atoms with Crippen molar-refractivity contribution in [2.45, 2.75) is 13.5 Å². The van der Waals surface area contributed by atoms with Gasteiger partial charge in [0.2, 0.25) is 5.91 Å². The fourth-order valence-electron chi connectivity index (χ4n) is 2.76. The van der Waals surface area contributed by atoms with E-state index in [2.05, 4.69) is 20.1 Å². The van der Waals surface area contributed by atoms with Gasteiger partial charge in [-0.2, -0.15) is 0 Å². The molecule has 3 rings (SSSR count). The zero-order chi connectivity index (χ0) is 16.9. The van der Waals surface area contributed by atoms with Crippen LogP contribution in [-0.2, 0) is 11.3 Å². The molecule has 1 saturated heterocycles. The van der Waals surface area contributed by atoms with Gasteiger partial charge in [-0.3, -0.25) is 14.6 Å². The van der Waals surface area contributed by atoms with Crippen LogP contribution in [0.4, 0.5) is 10.8 Å². The van der Waals surface area contributed by atoms with Gasteiger partial charge in [0, 0.05) is 49.5 Å². The molecule has 1 fully saturated rings. The van der Waals surface area contributed by atoms with Gasteiger partial charge in [0.25, 0.3) is 0 Å². The number of hydrogen-bond acceptors (Lipinski definition) is 6. The lowest BCUT2D eigenvalue weighted by Crippen LogP contribution is -2.48. The summed E-state index contributed by atoms with van der Waals surface area (Å²) in [5.41, 5.74) is 7.71. The summed E-state index contributed by atoms with van der Waals surface area (Å²) in [6.07, 6.45) is 1.85. The molecule has 1 aliphatic rings. The molecule has 128 valence electrons. The van der Waals surface area contributed by atoms with Crippen LogP contribution in [0, 0.1) is 6.92 Å². The highest BCUT2D eigenvalue weighted by Crippen LogP contribution is 2.17. The maximum absolute atomic E-state index is 12.2. The molecule has 0 unspecified atom stereocenters. The predicted octanol–water partition coefficient (Wildman–Crippen LogP) is 1.79. The lowest BCUT2D eigenvalue weighted by atomic mass is 10.2. The largest absolute Gasteiger partial charge is 0.375 e. The molecule has 0 atom stereocenters. The number of carbonyl (C=O) groups is 1. The van der Waals surface area contributed by atoms with Crippen molar-refractivity contribution in [3.8, 4) is 0 Å². The van der Waals surface area contributed by atoms with E-state index in [1.165, 1.54) is 10.4 Å². The maximum Gasteiger partial charge on any atom is 0.238 e. The Hall–Kier alpha value is -1.96. The summed E-state index contributed by atoms with van der Waals surface area (Å²) in [5.74, 6) is 0.0440. The maximum atomic E-state index is 12.2. The molecule has 7 heteroatoms. The van der Waals surface area contributed by atoms with Crippen molar-refractivity contribution in [3.05, 3.63) is 40.9 Å². The highest BCUT2D eigenvalue weighted by molar-refractivity contribution is 7.15. The van der Waals surface area contributed by atoms with Crippen LogP contribution >= 0.6 is 11.3 Å². The number of nitrogen functional groups attached to an aromatic ring is 1. The quantitative estimate of drug-likeness (QED) is 0.864. The van der Waals surface area contributed by atoms with E-state index < -0.39 is 0 Å². The Bertz CT molecular complexity index is 677. The molecule has 0 radical (unpaired) electrons. The summed E-state index contributed by atoms with van der Waals surface area (Å²) in [6.45, 7) is 7.07. The van der Waals surface area contributed by atoms with Gasteiger partial charge in [0.1, 0.15) is 0 Å². The first kappa shape index (κ1) is 16.9. The second kappa shape index (κ2) is 7.74. The third-order valence-electron chi connectivity index (χ3n) is 4.12. The van der Waals surface area contributed by atoms with E-state index in [1.54, 1.807) is 11.3 Å². The molecule has 1 aromatic heterocycles. The SMILES string of the molecule is Cc1ccc(NC(=O)CN2CCN(Cc3cnc(N)s3)CC2)cc1. The minimum Gasteiger partial charge on any atom is -0.375 e. The molecule has 0 saturated carbocycles. The number of nitrogens with one attached hydrogen (secondary N) is 1. The van der Waals surface area contributed by atoms with Crippen LogP contribution in [0.2, 0.25) is 0 Å². The van der Waals surface area contributed by atoms with Gasteiger partial charge in [-0.05, 0) is 19.1 Å². The van der Waals surface area contributed by atoms with Crippen molar-refractivity contribution in [3.63, 3.8) is 0 Å². The van der Waals surface area contributed by atoms with Gasteiger partial charge in [0.05, 0.1) is 6.54 Å². The first-order valence-electron chi connectivity index (χ1n) is 8.10. The first-order chi connectivity index (χ1) is 11.6. The molecule has 3 N–H and O–H groups in total. The molecule has 0 bridgehead atoms. The van der Waals surface area contributed by atoms with Gasteiger partial charge in [0.15, 0.2) is 5.13 Å². The van der Waals surface area contributed by atoms with Crippen LogP contribution in [0.3, 0.4) is 0 Å². The summed E-state index contributed by atoms with van der Waals surface area (Å²) >= 11 is 1.54. The summed E-state index contributed by atoms with van der Waals surface area (Å²) < 4.78 is 0. The molecule has 2 heterocycles. The average Bonchev–Trinajstić information content (AvgIpc) is 2.96. The van der Waals surface area contributed by atoms with E-state index in [-0.39, 0.29) is 5.91 Å². The normalized spacial score (nSPS) is 16.2. The fraction of sp³-hybridized carbons (Fsp3) is 0.412. The van der Waals surface area contributed by atoms with Crippen molar-refractivity contribution < 1.29 is 4.79 Å². The third kappa shape index (κ3) is 4.77. The molecule has 1 aromatic carbocycles. The number of piperazine rings is 1. The zero-order valence-electron chi connectivity index (χ0n) is 13.9. The number of nitrogens with zero attached hydrogens (tertiary/aromatic N) is 3. The third-order valence-corrected chi connectivity index (χ3v) is 4.93. The lowest BCUT2D eigenvalue weighted by molar-refractivity contribution is -0.117. The highest BCUT2D eigenvalue weighted by atomic mass is 32.1. The Balaban J connectivity index is 1.41. The van der Waals surface area contributed by atoms with Gasteiger partial charge in [-0.25, -0.2) is 4.98 Å². The van der Waals surface area contributed by atoms with E-state index in [0.717, 1.165) is 38.4 Å². The number of nitrogens with two attached hydrogens (primary N) is 1. The van der Waals surface area contributed by atoms with E-state index in [9.17, 15) is 4.79 Å². The number of anilines is 2. The van der Waals surface area contributed by atoms with E-state index >= 15 is 0 Å². The fourth-order valence-corrected chi connectivity index (χ4v) is 3.49. The van der Waals surface area contributed by atoms with Crippen LogP contribution < -0.4 is 11.1 Å². The Morgan fingerprint density at radius 1 is 1.21 bits per heavy atom. The zero-order valence-corrected chi connectivity index (χ0v) is 14.7. The number of thiazole rings is 1. The molecule has 0 spiro atoms. The minimum atomic E-state index is 0.0440. The van der Waals surface area contributed by atoms with Crippen LogP contribution in [0.1, 0.15) is 10.4 Å². The summed E-state index contributed by atoms with van der Waals surface area (Å²) in [7, 11) is 0. The lowest BCUT2D eigenvalue weighted by Gasteiger charge is -2.33. The topological polar surface area (TPSA) is 74.5 Å². The number of aryl methyl sites for hydroxylation is 1. The van der Waals surface area contributed by atoms with Gasteiger partial charge < -0.3 is 11.1 Å². The predicted molar refractivity (Wildman–Crippen MR) is 98.1 cm³/mol. The molecule has 1 aliphatic heterocycles. The minimum absolute atomic E-state index is 0.0440. The van der Waals surface area contributed by atoms with Crippen molar-refractivity contribution in [1.82, 2.24) is 14.8 Å². The second-order valence-electron chi connectivity index (χ2n) is 6.13. The summed E-state index contributed by atoms with van der Waals surface area (Å²) in [4.78, 5) is 22.0. The Labute approximate surface area is 146 Å². The molecule has 24 heavy (non-hydrogen) atoms. The number of hydrogen-bond donors (Lipinski definition) is 2. The molecule has 6 nitrogen and oxygen atoms in total. The molecular formula is C17H23N5OS. The Kier molecular flexibility index (Phi) is 5.44. The van der Waals surface area contributed by atoms with Crippen LogP contribution in [0.15, 0.2) is 30.5 Å². The van der Waals surface area contributed by atoms with Gasteiger partial charge in [-0.1, -0.05) is 17.7 Å². The number of benzene rings is 1. The second-order valence-corrected chi connectivity index (χ2v) is 7.28. The Morgan fingerprint density at radius 2 is 1.88 bits per heavy atom. The van der Waals surface area contributed by atoms with Gasteiger partial charge >= 0.3 is 0 Å². The number of aromatic nitrogens is 1. The van der Waals surface area contributed by atoms with Crippen LogP contribution in [0.25, 0.3) is 0 Å². The monoisotopic (exact) mass is 345 g/mol. The van der Waals surface area contributed by atoms with Gasteiger partial charge in [-0.15, -0.1) is 11.3 Å². The number of carbonyl (C=O) groups excluding carboxylic acids is 1. The highest BCUT2D eigenvalue weighted by Gasteiger charge is 2.19. The molecule has 0 aliphatic carbocycles. The van der Waals surface area contributed by atoms with Crippen molar-refractivity contribution in [1.29, 1.82) is 0 Å². The Morgan fingerprint density at radius 3 is 2.50 bits per heavy atom. The van der Waals surface area contributed by atoms with E-state index in [0.29, 0.717) is 11.7 Å². The summed E-state index contributed by atoms with van der Waals surface area (Å²) in [5, 5.41) is 3.58. The van der Waals surface area contributed by atoms with Crippen LogP contribution in [-0.4, -0.2) is 53.4 Å². The van der Waals surface area contributed by atoms with E-state index in [4.69, 9.17) is 5.73 Å². The average molecular weight is 345 g/mol. The first-order valence-corrected chi connectivity index (χ1v) is 8.91. The number of rotatable bonds is 5. The standard InChI is InChI=1S/C17H23N5OS/c1-13-2-4-14(5-3-13)20-16(23)12-22-8-6-21(7-9-22)11-15-10-19-17(18)24-15/h2-5,10H,6-9,11-12H2,1H3,(H2,18,19)(H,20,23). The van der Waals surface area contributed by atoms with Crippen molar-refractivity contribution in [2.24, 2.45) is 0 Å². The molecule has 1 amide bonds. The summed E-state index contributed by atoms with van der Waals surface area (Å²) in [6, 6.07) is 7.87. The van der Waals surface area contributed by atoms with Crippen molar-refractivity contribution in [2.75, 3.05) is 43.8 Å². The van der Waals surface area contributed by atoms with E-state index in [1.807, 2.05) is 37.4 Å². The molecular weight excluding hydrogens is 322 g/mol. The van der Waals surface area contributed by atoms with Crippen molar-refractivity contribution >= 4 is 28.1 Å².